The van der Waals surface area contributed by atoms with Gasteiger partial charge in [-0.05, 0) is 41.5 Å². The number of urea groups is 1. The van der Waals surface area contributed by atoms with Crippen LogP contribution < -0.4 is 10.6 Å². The smallest absolute Gasteiger partial charge is 0.324 e. The number of halogens is 2. The quantitative estimate of drug-likeness (QED) is 0.647. The Balaban J connectivity index is 1.54. The second-order valence-electron chi connectivity index (χ2n) is 7.21. The van der Waals surface area contributed by atoms with Crippen LogP contribution in [0.4, 0.5) is 19.3 Å². The molecule has 0 aromatic heterocycles. The molecule has 6 nitrogen and oxygen atoms in total. The van der Waals surface area contributed by atoms with Crippen molar-refractivity contribution >= 4 is 34.3 Å². The summed E-state index contributed by atoms with van der Waals surface area (Å²) in [6, 6.07) is 14.8. The van der Waals surface area contributed by atoms with Crippen LogP contribution in [-0.2, 0) is 15.1 Å². The average Bonchev–Trinajstić information content (AvgIpc) is 2.91. The van der Waals surface area contributed by atoms with Crippen molar-refractivity contribution in [2.24, 2.45) is 0 Å². The normalized spacial score (nSPS) is 18.6. The molecule has 0 aliphatic carbocycles. The Morgan fingerprint density at radius 2 is 1.67 bits per heavy atom. The summed E-state index contributed by atoms with van der Waals surface area (Å²) in [4.78, 5) is 38.5. The highest BCUT2D eigenvalue weighted by Crippen LogP contribution is 2.31. The second-order valence-corrected chi connectivity index (χ2v) is 7.21. The van der Waals surface area contributed by atoms with E-state index in [1.54, 1.807) is 13.0 Å². The molecule has 2 N–H and O–H groups in total. The maximum Gasteiger partial charge on any atom is 0.325 e. The summed E-state index contributed by atoms with van der Waals surface area (Å²) in [5.41, 5.74) is -0.872. The zero-order valence-corrected chi connectivity index (χ0v) is 15.9. The third-order valence-corrected chi connectivity index (χ3v) is 5.05. The molecule has 3 aromatic carbocycles. The van der Waals surface area contributed by atoms with E-state index in [4.69, 9.17) is 0 Å². The summed E-state index contributed by atoms with van der Waals surface area (Å²) in [5, 5.41) is 6.82. The molecule has 1 aliphatic heterocycles. The Morgan fingerprint density at radius 1 is 1.00 bits per heavy atom. The Bertz CT molecular complexity index is 1180. The summed E-state index contributed by atoms with van der Waals surface area (Å²) in [7, 11) is 0. The lowest BCUT2D eigenvalue weighted by atomic mass is 9.90. The predicted molar refractivity (Wildman–Crippen MR) is 107 cm³/mol. The van der Waals surface area contributed by atoms with Gasteiger partial charge < -0.3 is 10.6 Å². The van der Waals surface area contributed by atoms with Crippen LogP contribution in [0.1, 0.15) is 12.5 Å². The monoisotopic (exact) mass is 409 g/mol. The van der Waals surface area contributed by atoms with Crippen molar-refractivity contribution < 1.29 is 23.2 Å². The number of carbonyl (C=O) groups is 3. The summed E-state index contributed by atoms with van der Waals surface area (Å²) in [6.45, 7) is 0.975. The van der Waals surface area contributed by atoms with Crippen LogP contribution in [0.25, 0.3) is 10.8 Å². The lowest BCUT2D eigenvalue weighted by molar-refractivity contribution is -0.133. The Hall–Kier alpha value is -3.81. The van der Waals surface area contributed by atoms with E-state index in [0.29, 0.717) is 11.6 Å². The zero-order valence-electron chi connectivity index (χ0n) is 15.9. The van der Waals surface area contributed by atoms with Crippen LogP contribution in [-0.4, -0.2) is 29.3 Å². The number of hydrogen-bond acceptors (Lipinski definition) is 3. The number of fused-ring (bicyclic) bond motifs is 1. The van der Waals surface area contributed by atoms with Gasteiger partial charge >= 0.3 is 6.03 Å². The van der Waals surface area contributed by atoms with Gasteiger partial charge in [-0.3, -0.25) is 14.5 Å². The first-order valence-corrected chi connectivity index (χ1v) is 9.15. The topological polar surface area (TPSA) is 78.5 Å². The van der Waals surface area contributed by atoms with Gasteiger partial charge in [-0.2, -0.15) is 0 Å². The number of imide groups is 1. The Morgan fingerprint density at radius 3 is 2.37 bits per heavy atom. The van der Waals surface area contributed by atoms with Gasteiger partial charge in [0.1, 0.15) is 23.7 Å². The molecule has 1 unspecified atom stereocenters. The zero-order chi connectivity index (χ0) is 21.5. The SMILES string of the molecule is CC1(c2ccc3ccccc3c2)NC(=O)N(CC(=O)Nc2cc(F)cc(F)c2)C1=O. The van der Waals surface area contributed by atoms with Gasteiger partial charge in [0.2, 0.25) is 5.91 Å². The lowest BCUT2D eigenvalue weighted by Gasteiger charge is -2.22. The largest absolute Gasteiger partial charge is 0.325 e. The number of rotatable bonds is 4. The van der Waals surface area contributed by atoms with Gasteiger partial charge in [-0.15, -0.1) is 0 Å². The molecule has 1 heterocycles. The Labute approximate surface area is 170 Å². The minimum Gasteiger partial charge on any atom is -0.324 e. The highest BCUT2D eigenvalue weighted by atomic mass is 19.1. The van der Waals surface area contributed by atoms with Crippen molar-refractivity contribution in [1.29, 1.82) is 0 Å². The third kappa shape index (κ3) is 3.47. The first kappa shape index (κ1) is 19.5. The summed E-state index contributed by atoms with van der Waals surface area (Å²) < 4.78 is 26.6. The van der Waals surface area contributed by atoms with Crippen LogP contribution in [0.15, 0.2) is 60.7 Å². The molecule has 8 heteroatoms. The van der Waals surface area contributed by atoms with E-state index < -0.39 is 41.6 Å². The minimum absolute atomic E-state index is 0.109. The second kappa shape index (κ2) is 7.22. The van der Waals surface area contributed by atoms with E-state index in [-0.39, 0.29) is 5.69 Å². The highest BCUT2D eigenvalue weighted by molar-refractivity contribution is 6.10. The van der Waals surface area contributed by atoms with Crippen LogP contribution in [0, 0.1) is 11.6 Å². The van der Waals surface area contributed by atoms with Crippen molar-refractivity contribution in [1.82, 2.24) is 10.2 Å². The van der Waals surface area contributed by atoms with Crippen molar-refractivity contribution in [2.45, 2.75) is 12.5 Å². The predicted octanol–water partition coefficient (Wildman–Crippen LogP) is 3.52. The standard InChI is InChI=1S/C22H17F2N3O3/c1-22(15-7-6-13-4-2-3-5-14(13)8-15)20(29)27(21(30)26-22)12-19(28)25-18-10-16(23)9-17(24)11-18/h2-11H,12H2,1H3,(H,25,28)(H,26,30). The van der Waals surface area contributed by atoms with Crippen LogP contribution >= 0.6 is 0 Å². The first-order valence-electron chi connectivity index (χ1n) is 9.15. The molecule has 1 aliphatic rings. The summed E-state index contributed by atoms with van der Waals surface area (Å²) in [6.07, 6.45) is 0. The number of benzene rings is 3. The van der Waals surface area contributed by atoms with Gasteiger partial charge in [-0.25, -0.2) is 13.6 Å². The van der Waals surface area contributed by atoms with Gasteiger partial charge in [0.05, 0.1) is 0 Å². The Kier molecular flexibility index (Phi) is 4.69. The molecule has 152 valence electrons. The van der Waals surface area contributed by atoms with Crippen molar-refractivity contribution in [3.63, 3.8) is 0 Å². The number of nitrogens with zero attached hydrogens (tertiary/aromatic N) is 1. The van der Waals surface area contributed by atoms with E-state index in [1.165, 1.54) is 0 Å². The molecule has 0 saturated carbocycles. The molecule has 1 saturated heterocycles. The summed E-state index contributed by atoms with van der Waals surface area (Å²) in [5.74, 6) is -3.07. The van der Waals surface area contributed by atoms with E-state index >= 15 is 0 Å². The van der Waals surface area contributed by atoms with E-state index in [1.807, 2.05) is 36.4 Å². The number of amides is 4. The van der Waals surface area contributed by atoms with Crippen molar-refractivity contribution in [2.75, 3.05) is 11.9 Å². The fourth-order valence-corrected chi connectivity index (χ4v) is 3.51. The third-order valence-electron chi connectivity index (χ3n) is 5.05. The number of hydrogen-bond donors (Lipinski definition) is 2. The minimum atomic E-state index is -1.34. The molecular formula is C22H17F2N3O3. The molecular weight excluding hydrogens is 392 g/mol. The fraction of sp³-hybridized carbons (Fsp3) is 0.136. The van der Waals surface area contributed by atoms with Gasteiger partial charge in [0.25, 0.3) is 5.91 Å². The molecule has 0 bridgehead atoms. The number of nitrogens with one attached hydrogen (secondary N) is 2. The lowest BCUT2D eigenvalue weighted by Crippen LogP contribution is -2.42. The van der Waals surface area contributed by atoms with E-state index in [9.17, 15) is 23.2 Å². The average molecular weight is 409 g/mol. The maximum atomic E-state index is 13.3. The van der Waals surface area contributed by atoms with Crippen molar-refractivity contribution in [3.8, 4) is 0 Å². The van der Waals surface area contributed by atoms with E-state index in [0.717, 1.165) is 27.8 Å². The molecule has 0 radical (unpaired) electrons. The maximum absolute atomic E-state index is 13.3. The van der Waals surface area contributed by atoms with E-state index in [2.05, 4.69) is 10.6 Å². The van der Waals surface area contributed by atoms with Crippen LogP contribution in [0.3, 0.4) is 0 Å². The molecule has 4 rings (SSSR count). The fourth-order valence-electron chi connectivity index (χ4n) is 3.51. The number of anilines is 1. The van der Waals surface area contributed by atoms with Crippen molar-refractivity contribution in [3.05, 3.63) is 77.9 Å². The van der Waals surface area contributed by atoms with Crippen LogP contribution in [0.5, 0.6) is 0 Å². The van der Waals surface area contributed by atoms with Gasteiger partial charge in [0.15, 0.2) is 0 Å². The molecule has 0 spiro atoms. The first-order chi connectivity index (χ1) is 14.3. The number of carbonyl (C=O) groups excluding carboxylic acids is 3. The highest BCUT2D eigenvalue weighted by Gasteiger charge is 2.49. The molecule has 30 heavy (non-hydrogen) atoms. The molecule has 1 atom stereocenters. The summed E-state index contributed by atoms with van der Waals surface area (Å²) >= 11 is 0. The van der Waals surface area contributed by atoms with Gasteiger partial charge in [0, 0.05) is 11.8 Å². The molecule has 4 amide bonds. The van der Waals surface area contributed by atoms with Crippen LogP contribution in [0.2, 0.25) is 0 Å². The van der Waals surface area contributed by atoms with Gasteiger partial charge in [-0.1, -0.05) is 36.4 Å². The molecule has 3 aromatic rings. The molecule has 1 fully saturated rings.